The number of ketones is 1. The van der Waals surface area contributed by atoms with E-state index in [-0.39, 0.29) is 5.92 Å². The highest BCUT2D eigenvalue weighted by molar-refractivity contribution is 7.99. The van der Waals surface area contributed by atoms with Crippen LogP contribution in [0, 0.1) is 5.92 Å². The van der Waals surface area contributed by atoms with Crippen molar-refractivity contribution in [2.75, 3.05) is 18.1 Å². The number of thioether (sulfide) groups is 1. The first-order valence-electron chi connectivity index (χ1n) is 4.88. The lowest BCUT2D eigenvalue weighted by atomic mass is 10.1. The van der Waals surface area contributed by atoms with Gasteiger partial charge in [-0.1, -0.05) is 27.7 Å². The molecule has 1 N–H and O–H groups in total. The number of carbonyl (C=O) groups is 1. The van der Waals surface area contributed by atoms with Crippen molar-refractivity contribution in [3.63, 3.8) is 0 Å². The van der Waals surface area contributed by atoms with E-state index in [4.69, 9.17) is 0 Å². The SMILES string of the molecule is CC(C)NCCSCC(=O)C(C)C. The summed E-state index contributed by atoms with van der Waals surface area (Å²) in [6.07, 6.45) is 0. The summed E-state index contributed by atoms with van der Waals surface area (Å²) in [4.78, 5) is 11.2. The Balaban J connectivity index is 3.21. The molecule has 0 radical (unpaired) electrons. The molecule has 0 aromatic carbocycles. The van der Waals surface area contributed by atoms with Crippen LogP contribution >= 0.6 is 11.8 Å². The summed E-state index contributed by atoms with van der Waals surface area (Å²) in [7, 11) is 0. The van der Waals surface area contributed by atoms with E-state index in [1.54, 1.807) is 11.8 Å². The summed E-state index contributed by atoms with van der Waals surface area (Å²) < 4.78 is 0. The molecular weight excluding hydrogens is 182 g/mol. The lowest BCUT2D eigenvalue weighted by molar-refractivity contribution is -0.119. The summed E-state index contributed by atoms with van der Waals surface area (Å²) in [5, 5.41) is 3.32. The third kappa shape index (κ3) is 8.31. The van der Waals surface area contributed by atoms with E-state index in [0.29, 0.717) is 17.6 Å². The minimum absolute atomic E-state index is 0.186. The van der Waals surface area contributed by atoms with Gasteiger partial charge in [0.05, 0.1) is 5.75 Å². The molecule has 78 valence electrons. The number of carbonyl (C=O) groups excluding carboxylic acids is 1. The lowest BCUT2D eigenvalue weighted by Gasteiger charge is -2.07. The van der Waals surface area contributed by atoms with E-state index in [1.807, 2.05) is 13.8 Å². The maximum absolute atomic E-state index is 11.2. The largest absolute Gasteiger partial charge is 0.314 e. The highest BCUT2D eigenvalue weighted by Crippen LogP contribution is 2.04. The van der Waals surface area contributed by atoms with E-state index in [1.165, 1.54) is 0 Å². The monoisotopic (exact) mass is 203 g/mol. The molecule has 0 bridgehead atoms. The van der Waals surface area contributed by atoms with Crippen molar-refractivity contribution in [1.82, 2.24) is 5.32 Å². The second kappa shape index (κ2) is 7.39. The zero-order chi connectivity index (χ0) is 10.3. The third-order valence-corrected chi connectivity index (χ3v) is 2.67. The predicted molar refractivity (Wildman–Crippen MR) is 60.3 cm³/mol. The van der Waals surface area contributed by atoms with Gasteiger partial charge in [-0.15, -0.1) is 0 Å². The van der Waals surface area contributed by atoms with Crippen LogP contribution in [0.4, 0.5) is 0 Å². The van der Waals surface area contributed by atoms with Crippen molar-refractivity contribution in [3.8, 4) is 0 Å². The van der Waals surface area contributed by atoms with Crippen molar-refractivity contribution in [3.05, 3.63) is 0 Å². The quantitative estimate of drug-likeness (QED) is 0.641. The minimum Gasteiger partial charge on any atom is -0.314 e. The zero-order valence-corrected chi connectivity index (χ0v) is 9.91. The van der Waals surface area contributed by atoms with Gasteiger partial charge in [0, 0.05) is 24.3 Å². The van der Waals surface area contributed by atoms with Gasteiger partial charge in [-0.25, -0.2) is 0 Å². The molecule has 0 amide bonds. The van der Waals surface area contributed by atoms with Crippen LogP contribution in [0.1, 0.15) is 27.7 Å². The van der Waals surface area contributed by atoms with Gasteiger partial charge in [-0.05, 0) is 0 Å². The number of nitrogens with one attached hydrogen (secondary N) is 1. The van der Waals surface area contributed by atoms with Crippen molar-refractivity contribution < 1.29 is 4.79 Å². The molecule has 0 aromatic rings. The summed E-state index contributed by atoms with van der Waals surface area (Å²) in [6, 6.07) is 0.543. The van der Waals surface area contributed by atoms with Gasteiger partial charge >= 0.3 is 0 Å². The first-order chi connectivity index (χ1) is 6.04. The minimum atomic E-state index is 0.186. The average Bonchev–Trinajstić information content (AvgIpc) is 2.02. The van der Waals surface area contributed by atoms with Gasteiger partial charge in [-0.2, -0.15) is 11.8 Å². The van der Waals surface area contributed by atoms with Gasteiger partial charge in [0.15, 0.2) is 0 Å². The molecule has 0 aliphatic rings. The Morgan fingerprint density at radius 1 is 1.31 bits per heavy atom. The standard InChI is InChI=1S/C10H21NOS/c1-8(2)10(12)7-13-6-5-11-9(3)4/h8-9,11H,5-7H2,1-4H3. The second-order valence-corrected chi connectivity index (χ2v) is 4.89. The fourth-order valence-electron chi connectivity index (χ4n) is 0.759. The summed E-state index contributed by atoms with van der Waals surface area (Å²) >= 11 is 1.72. The molecule has 2 nitrogen and oxygen atoms in total. The molecule has 0 heterocycles. The molecule has 0 atom stereocenters. The number of hydrogen-bond acceptors (Lipinski definition) is 3. The summed E-state index contributed by atoms with van der Waals surface area (Å²) in [6.45, 7) is 9.16. The highest BCUT2D eigenvalue weighted by atomic mass is 32.2. The normalized spacial score (nSPS) is 11.2. The van der Waals surface area contributed by atoms with Gasteiger partial charge in [0.25, 0.3) is 0 Å². The molecule has 0 spiro atoms. The van der Waals surface area contributed by atoms with Crippen LogP contribution in [0.25, 0.3) is 0 Å². The van der Waals surface area contributed by atoms with Crippen LogP contribution in [0.5, 0.6) is 0 Å². The molecule has 0 unspecified atom stereocenters. The maximum Gasteiger partial charge on any atom is 0.145 e. The number of hydrogen-bond donors (Lipinski definition) is 1. The Labute approximate surface area is 85.9 Å². The smallest absolute Gasteiger partial charge is 0.145 e. The topological polar surface area (TPSA) is 29.1 Å². The molecule has 0 aliphatic heterocycles. The van der Waals surface area contributed by atoms with E-state index >= 15 is 0 Å². The fraction of sp³-hybridized carbons (Fsp3) is 0.900. The van der Waals surface area contributed by atoms with Gasteiger partial charge in [-0.3, -0.25) is 4.79 Å². The van der Waals surface area contributed by atoms with Crippen molar-refractivity contribution >= 4 is 17.5 Å². The van der Waals surface area contributed by atoms with Crippen molar-refractivity contribution in [1.29, 1.82) is 0 Å². The molecule has 0 aromatic heterocycles. The average molecular weight is 203 g/mol. The van der Waals surface area contributed by atoms with Crippen LogP contribution in [-0.2, 0) is 4.79 Å². The van der Waals surface area contributed by atoms with Gasteiger partial charge in [0.1, 0.15) is 5.78 Å². The molecule has 0 aliphatic carbocycles. The van der Waals surface area contributed by atoms with Crippen LogP contribution in [0.2, 0.25) is 0 Å². The molecule has 13 heavy (non-hydrogen) atoms. The van der Waals surface area contributed by atoms with Crippen LogP contribution in [-0.4, -0.2) is 29.9 Å². The first kappa shape index (κ1) is 13.0. The Morgan fingerprint density at radius 2 is 1.92 bits per heavy atom. The zero-order valence-electron chi connectivity index (χ0n) is 9.09. The summed E-state index contributed by atoms with van der Waals surface area (Å²) in [5.74, 6) is 2.23. The third-order valence-electron chi connectivity index (χ3n) is 1.69. The molecule has 0 saturated heterocycles. The fourth-order valence-corrected chi connectivity index (χ4v) is 1.70. The molecule has 3 heteroatoms. The maximum atomic E-state index is 11.2. The Kier molecular flexibility index (Phi) is 7.38. The molecule has 0 saturated carbocycles. The Hall–Kier alpha value is -0.0200. The second-order valence-electron chi connectivity index (χ2n) is 3.78. The Morgan fingerprint density at radius 3 is 2.38 bits per heavy atom. The molecule has 0 fully saturated rings. The van der Waals surface area contributed by atoms with E-state index in [9.17, 15) is 4.79 Å². The Bertz CT molecular complexity index is 146. The first-order valence-corrected chi connectivity index (χ1v) is 6.03. The van der Waals surface area contributed by atoms with E-state index in [2.05, 4.69) is 19.2 Å². The highest BCUT2D eigenvalue weighted by Gasteiger charge is 2.05. The predicted octanol–water partition coefficient (Wildman–Crippen LogP) is 1.94. The van der Waals surface area contributed by atoms with Crippen LogP contribution < -0.4 is 5.32 Å². The van der Waals surface area contributed by atoms with E-state index < -0.39 is 0 Å². The van der Waals surface area contributed by atoms with E-state index in [0.717, 1.165) is 12.3 Å². The van der Waals surface area contributed by atoms with Gasteiger partial charge in [0.2, 0.25) is 0 Å². The summed E-state index contributed by atoms with van der Waals surface area (Å²) in [5.41, 5.74) is 0. The van der Waals surface area contributed by atoms with Crippen molar-refractivity contribution in [2.24, 2.45) is 5.92 Å². The van der Waals surface area contributed by atoms with Crippen LogP contribution in [0.3, 0.4) is 0 Å². The lowest BCUT2D eigenvalue weighted by Crippen LogP contribution is -2.25. The number of Topliss-reactive ketones (excluding diaryl/α,β-unsaturated/α-hetero) is 1. The van der Waals surface area contributed by atoms with Gasteiger partial charge < -0.3 is 5.32 Å². The van der Waals surface area contributed by atoms with Crippen molar-refractivity contribution in [2.45, 2.75) is 33.7 Å². The molecular formula is C10H21NOS. The number of rotatable bonds is 7. The molecule has 0 rings (SSSR count). The van der Waals surface area contributed by atoms with Crippen LogP contribution in [0.15, 0.2) is 0 Å².